The van der Waals surface area contributed by atoms with Crippen LogP contribution in [-0.4, -0.2) is 22.9 Å². The van der Waals surface area contributed by atoms with Gasteiger partial charge in [0.25, 0.3) is 0 Å². The summed E-state index contributed by atoms with van der Waals surface area (Å²) in [6, 6.07) is 14.3. The first-order valence-corrected chi connectivity index (χ1v) is 6.22. The molecule has 0 heterocycles. The second-order valence-electron chi connectivity index (χ2n) is 3.87. The van der Waals surface area contributed by atoms with E-state index in [9.17, 15) is 0 Å². The smallest absolute Gasteiger partial charge is 0.186 e. The Morgan fingerprint density at radius 2 is 2.00 bits per heavy atom. The van der Waals surface area contributed by atoms with Gasteiger partial charge in [-0.2, -0.15) is 5.10 Å². The Labute approximate surface area is 112 Å². The molecule has 0 amide bonds. The summed E-state index contributed by atoms with van der Waals surface area (Å²) in [6.07, 6.45) is 1.80. The number of hydrogen-bond acceptors (Lipinski definition) is 2. The fourth-order valence-corrected chi connectivity index (χ4v) is 1.97. The zero-order valence-electron chi connectivity index (χ0n) is 10.2. The van der Waals surface area contributed by atoms with Gasteiger partial charge in [-0.15, -0.1) is 0 Å². The van der Waals surface area contributed by atoms with Gasteiger partial charge in [-0.05, 0) is 29.9 Å². The van der Waals surface area contributed by atoms with Crippen LogP contribution < -0.4 is 5.73 Å². The molecule has 0 fully saturated rings. The van der Waals surface area contributed by atoms with Crippen LogP contribution in [0, 0.1) is 0 Å². The summed E-state index contributed by atoms with van der Waals surface area (Å²) >= 11 is 4.92. The quantitative estimate of drug-likeness (QED) is 0.522. The highest BCUT2D eigenvalue weighted by Crippen LogP contribution is 2.16. The summed E-state index contributed by atoms with van der Waals surface area (Å²) in [5.41, 5.74) is 6.63. The van der Waals surface area contributed by atoms with Gasteiger partial charge in [0.1, 0.15) is 0 Å². The number of thiocarbonyl (C=S) groups is 1. The van der Waals surface area contributed by atoms with E-state index in [0.717, 1.165) is 5.56 Å². The third-order valence-corrected chi connectivity index (χ3v) is 2.92. The Kier molecular flexibility index (Phi) is 3.89. The molecule has 0 saturated carbocycles. The molecular formula is C14H15N3S. The molecule has 2 N–H and O–H groups in total. The molecule has 2 rings (SSSR count). The van der Waals surface area contributed by atoms with Crippen molar-refractivity contribution in [3.63, 3.8) is 0 Å². The maximum atomic E-state index is 5.57. The summed E-state index contributed by atoms with van der Waals surface area (Å²) < 4.78 is 0. The number of rotatable bonds is 3. The van der Waals surface area contributed by atoms with Gasteiger partial charge >= 0.3 is 0 Å². The number of hydrogen-bond donors (Lipinski definition) is 1. The summed E-state index contributed by atoms with van der Waals surface area (Å²) in [7, 11) is 0. The molecule has 0 radical (unpaired) electrons. The van der Waals surface area contributed by atoms with Crippen LogP contribution >= 0.6 is 12.2 Å². The third kappa shape index (κ3) is 2.65. The van der Waals surface area contributed by atoms with E-state index in [0.29, 0.717) is 6.54 Å². The number of nitrogens with zero attached hydrogens (tertiary/aromatic N) is 2. The van der Waals surface area contributed by atoms with Crippen LogP contribution in [0.25, 0.3) is 10.8 Å². The molecule has 3 nitrogen and oxygen atoms in total. The molecule has 4 heteroatoms. The maximum Gasteiger partial charge on any atom is 0.186 e. The minimum Gasteiger partial charge on any atom is -0.375 e. The average Bonchev–Trinajstić information content (AvgIpc) is 2.39. The fourth-order valence-electron chi connectivity index (χ4n) is 1.79. The van der Waals surface area contributed by atoms with Crippen LogP contribution in [0.3, 0.4) is 0 Å². The Morgan fingerprint density at radius 3 is 2.72 bits per heavy atom. The van der Waals surface area contributed by atoms with E-state index in [-0.39, 0.29) is 5.11 Å². The first-order chi connectivity index (χ1) is 8.72. The van der Waals surface area contributed by atoms with Crippen molar-refractivity contribution in [1.82, 2.24) is 5.01 Å². The molecule has 0 aromatic heterocycles. The van der Waals surface area contributed by atoms with Crippen molar-refractivity contribution >= 4 is 34.3 Å². The van der Waals surface area contributed by atoms with Crippen LogP contribution in [0.15, 0.2) is 47.6 Å². The number of hydrazone groups is 1. The second kappa shape index (κ2) is 5.60. The maximum absolute atomic E-state index is 5.57. The van der Waals surface area contributed by atoms with E-state index < -0.39 is 0 Å². The van der Waals surface area contributed by atoms with Crippen molar-refractivity contribution < 1.29 is 0 Å². The highest BCUT2D eigenvalue weighted by Gasteiger charge is 2.01. The lowest BCUT2D eigenvalue weighted by Crippen LogP contribution is -2.30. The largest absolute Gasteiger partial charge is 0.375 e. The monoisotopic (exact) mass is 257 g/mol. The molecule has 0 saturated heterocycles. The van der Waals surface area contributed by atoms with E-state index in [1.54, 1.807) is 11.2 Å². The molecule has 0 aliphatic heterocycles. The zero-order chi connectivity index (χ0) is 13.0. The fraction of sp³-hybridized carbons (Fsp3) is 0.143. The Hall–Kier alpha value is -1.94. The van der Waals surface area contributed by atoms with Crippen LogP contribution in [0.2, 0.25) is 0 Å². The predicted octanol–water partition coefficient (Wildman–Crippen LogP) is 2.74. The van der Waals surface area contributed by atoms with Crippen molar-refractivity contribution in [2.75, 3.05) is 6.54 Å². The average molecular weight is 257 g/mol. The van der Waals surface area contributed by atoms with E-state index >= 15 is 0 Å². The predicted molar refractivity (Wildman–Crippen MR) is 80.7 cm³/mol. The zero-order valence-corrected chi connectivity index (χ0v) is 11.0. The van der Waals surface area contributed by atoms with Crippen molar-refractivity contribution in [2.45, 2.75) is 6.92 Å². The van der Waals surface area contributed by atoms with Gasteiger partial charge in [0.15, 0.2) is 5.11 Å². The second-order valence-corrected chi connectivity index (χ2v) is 4.29. The minimum atomic E-state index is 0.286. The highest BCUT2D eigenvalue weighted by atomic mass is 32.1. The van der Waals surface area contributed by atoms with Gasteiger partial charge in [0.05, 0.1) is 6.21 Å². The van der Waals surface area contributed by atoms with Crippen LogP contribution in [-0.2, 0) is 0 Å². The lowest BCUT2D eigenvalue weighted by atomic mass is 10.1. The lowest BCUT2D eigenvalue weighted by Gasteiger charge is -2.13. The van der Waals surface area contributed by atoms with E-state index in [2.05, 4.69) is 23.3 Å². The molecule has 0 atom stereocenters. The van der Waals surface area contributed by atoms with Crippen LogP contribution in [0.5, 0.6) is 0 Å². The molecule has 2 aromatic carbocycles. The van der Waals surface area contributed by atoms with Gasteiger partial charge < -0.3 is 5.73 Å². The summed E-state index contributed by atoms with van der Waals surface area (Å²) in [4.78, 5) is 0. The van der Waals surface area contributed by atoms with Gasteiger partial charge in [0.2, 0.25) is 0 Å². The van der Waals surface area contributed by atoms with Crippen LogP contribution in [0.4, 0.5) is 0 Å². The first kappa shape index (κ1) is 12.5. The molecule has 0 bridgehead atoms. The van der Waals surface area contributed by atoms with Crippen molar-refractivity contribution in [3.05, 3.63) is 48.0 Å². The number of fused-ring (bicyclic) bond motifs is 1. The first-order valence-electron chi connectivity index (χ1n) is 5.81. The van der Waals surface area contributed by atoms with Crippen molar-refractivity contribution in [3.8, 4) is 0 Å². The molecule has 0 aliphatic rings. The standard InChI is InChI=1S/C14H15N3S/c1-2-17(14(15)18)16-10-12-8-5-7-11-6-3-4-9-13(11)12/h3-10H,2H2,1H3,(H2,15,18)/b16-10+. The van der Waals surface area contributed by atoms with E-state index in [4.69, 9.17) is 18.0 Å². The van der Waals surface area contributed by atoms with Gasteiger partial charge in [-0.25, -0.2) is 5.01 Å². The van der Waals surface area contributed by atoms with Crippen molar-refractivity contribution in [2.24, 2.45) is 10.8 Å². The Balaban J connectivity index is 2.37. The number of nitrogens with two attached hydrogens (primary N) is 1. The topological polar surface area (TPSA) is 41.6 Å². The highest BCUT2D eigenvalue weighted by molar-refractivity contribution is 7.80. The van der Waals surface area contributed by atoms with Gasteiger partial charge in [-0.1, -0.05) is 42.5 Å². The molecule has 2 aromatic rings. The summed E-state index contributed by atoms with van der Waals surface area (Å²) in [5, 5.41) is 8.55. The minimum absolute atomic E-state index is 0.286. The van der Waals surface area contributed by atoms with Gasteiger partial charge in [-0.3, -0.25) is 0 Å². The summed E-state index contributed by atoms with van der Waals surface area (Å²) in [6.45, 7) is 2.62. The lowest BCUT2D eigenvalue weighted by molar-refractivity contribution is 0.477. The number of benzene rings is 2. The molecule has 18 heavy (non-hydrogen) atoms. The van der Waals surface area contributed by atoms with E-state index in [1.807, 2.05) is 31.2 Å². The third-order valence-electron chi connectivity index (χ3n) is 2.71. The molecular weight excluding hydrogens is 242 g/mol. The molecule has 0 aliphatic carbocycles. The molecule has 0 spiro atoms. The van der Waals surface area contributed by atoms with E-state index in [1.165, 1.54) is 10.8 Å². The van der Waals surface area contributed by atoms with Crippen LogP contribution in [0.1, 0.15) is 12.5 Å². The van der Waals surface area contributed by atoms with Crippen molar-refractivity contribution in [1.29, 1.82) is 0 Å². The van der Waals surface area contributed by atoms with Gasteiger partial charge in [0, 0.05) is 12.1 Å². The summed E-state index contributed by atoms with van der Waals surface area (Å²) in [5.74, 6) is 0. The normalized spacial score (nSPS) is 10.9. The Morgan fingerprint density at radius 1 is 1.28 bits per heavy atom. The molecule has 92 valence electrons. The molecule has 0 unspecified atom stereocenters. The SMILES string of the molecule is CCN(/N=C/c1cccc2ccccc12)C(N)=S. The Bertz CT molecular complexity index is 587.